The molecule has 0 aliphatic heterocycles. The number of imidazole rings is 1. The lowest BCUT2D eigenvalue weighted by Gasteiger charge is -2.14. The molecule has 7 nitrogen and oxygen atoms in total. The number of halogens is 1. The summed E-state index contributed by atoms with van der Waals surface area (Å²) < 4.78 is 3.29. The van der Waals surface area contributed by atoms with Gasteiger partial charge in [-0.1, -0.05) is 59.3 Å². The van der Waals surface area contributed by atoms with E-state index in [1.807, 2.05) is 19.1 Å². The van der Waals surface area contributed by atoms with Gasteiger partial charge in [0, 0.05) is 16.6 Å². The molecule has 0 unspecified atom stereocenters. The number of pyridine rings is 1. The fourth-order valence-electron chi connectivity index (χ4n) is 4.94. The highest BCUT2D eigenvalue weighted by molar-refractivity contribution is 9.10. The third-order valence-corrected chi connectivity index (χ3v) is 7.26. The lowest BCUT2D eigenvalue weighted by atomic mass is 9.92. The van der Waals surface area contributed by atoms with Gasteiger partial charge in [-0.2, -0.15) is 5.21 Å². The van der Waals surface area contributed by atoms with E-state index in [9.17, 15) is 0 Å². The highest BCUT2D eigenvalue weighted by Crippen LogP contribution is 2.38. The van der Waals surface area contributed by atoms with Crippen LogP contribution < -0.4 is 0 Å². The minimum absolute atomic E-state index is 0.544. The van der Waals surface area contributed by atoms with Crippen LogP contribution in [-0.2, 0) is 13.0 Å². The van der Waals surface area contributed by atoms with Crippen molar-refractivity contribution >= 4 is 50.9 Å². The smallest absolute Gasteiger partial charge is 0.198 e. The maximum absolute atomic E-state index is 4.91. The topological polar surface area (TPSA) is 85.2 Å². The summed E-state index contributed by atoms with van der Waals surface area (Å²) in [5.74, 6) is 1.59. The van der Waals surface area contributed by atoms with Gasteiger partial charge in [-0.05, 0) is 82.3 Å². The van der Waals surface area contributed by atoms with Gasteiger partial charge in [0.1, 0.15) is 11.3 Å². The van der Waals surface area contributed by atoms with E-state index in [0.29, 0.717) is 12.4 Å². The highest BCUT2D eigenvalue weighted by atomic mass is 79.9. The largest absolute Gasteiger partial charge is 0.308 e. The van der Waals surface area contributed by atoms with E-state index in [4.69, 9.17) is 9.97 Å². The summed E-state index contributed by atoms with van der Waals surface area (Å²) >= 11 is 3.73. The lowest BCUT2D eigenvalue weighted by molar-refractivity contribution is 0.745. The summed E-state index contributed by atoms with van der Waals surface area (Å²) in [5.41, 5.74) is 10.8. The molecule has 0 saturated carbocycles. The van der Waals surface area contributed by atoms with E-state index in [-0.39, 0.29) is 0 Å². The van der Waals surface area contributed by atoms with Gasteiger partial charge < -0.3 is 4.57 Å². The SMILES string of the molecule is CCc1nc2c(C)cc(C)nc2n1Cc1ccc2c(c1)C=Cc1c(Br)cccc1C2=Cc1nn[nH]n1. The van der Waals surface area contributed by atoms with Crippen LogP contribution in [0.2, 0.25) is 0 Å². The summed E-state index contributed by atoms with van der Waals surface area (Å²) in [4.78, 5) is 9.75. The molecule has 0 bridgehead atoms. The summed E-state index contributed by atoms with van der Waals surface area (Å²) in [7, 11) is 0. The zero-order chi connectivity index (χ0) is 24.8. The fourth-order valence-corrected chi connectivity index (χ4v) is 5.43. The maximum atomic E-state index is 4.91. The second-order valence-corrected chi connectivity index (χ2v) is 9.86. The van der Waals surface area contributed by atoms with Gasteiger partial charge in [0.15, 0.2) is 11.5 Å². The molecule has 2 aromatic carbocycles. The predicted molar refractivity (Wildman–Crippen MR) is 146 cm³/mol. The van der Waals surface area contributed by atoms with Crippen molar-refractivity contribution < 1.29 is 0 Å². The highest BCUT2D eigenvalue weighted by Gasteiger charge is 2.19. The molecule has 0 radical (unpaired) electrons. The fraction of sp³-hybridized carbons (Fsp3) is 0.179. The lowest BCUT2D eigenvalue weighted by Crippen LogP contribution is -2.06. The van der Waals surface area contributed by atoms with Crippen LogP contribution in [0.3, 0.4) is 0 Å². The van der Waals surface area contributed by atoms with E-state index in [1.54, 1.807) is 0 Å². The van der Waals surface area contributed by atoms with Crippen molar-refractivity contribution in [3.8, 4) is 0 Å². The monoisotopic (exact) mass is 537 g/mol. The number of H-pyrrole nitrogens is 1. The number of hydrogen-bond acceptors (Lipinski definition) is 5. The summed E-state index contributed by atoms with van der Waals surface area (Å²) in [6.07, 6.45) is 7.17. The molecule has 1 N–H and O–H groups in total. The molecule has 178 valence electrons. The van der Waals surface area contributed by atoms with Crippen LogP contribution in [0.15, 0.2) is 46.9 Å². The Morgan fingerprint density at radius 3 is 2.72 bits per heavy atom. The average Bonchev–Trinajstić information content (AvgIpc) is 3.46. The Kier molecular flexibility index (Phi) is 5.60. The number of benzene rings is 2. The molecule has 0 saturated heterocycles. The molecule has 3 aromatic heterocycles. The van der Waals surface area contributed by atoms with Crippen LogP contribution >= 0.6 is 15.9 Å². The van der Waals surface area contributed by atoms with Gasteiger partial charge in [-0.3, -0.25) is 0 Å². The quantitative estimate of drug-likeness (QED) is 0.297. The van der Waals surface area contributed by atoms with Crippen LogP contribution in [0.4, 0.5) is 0 Å². The minimum Gasteiger partial charge on any atom is -0.308 e. The van der Waals surface area contributed by atoms with E-state index >= 15 is 0 Å². The molecule has 0 fully saturated rings. The molecular weight excluding hydrogens is 514 g/mol. The molecule has 6 rings (SSSR count). The normalized spacial score (nSPS) is 13.7. The predicted octanol–water partition coefficient (Wildman–Crippen LogP) is 6.01. The molecule has 0 atom stereocenters. The van der Waals surface area contributed by atoms with Crippen molar-refractivity contribution in [2.75, 3.05) is 0 Å². The van der Waals surface area contributed by atoms with Crippen molar-refractivity contribution in [1.82, 2.24) is 35.2 Å². The van der Waals surface area contributed by atoms with Crippen molar-refractivity contribution in [2.45, 2.75) is 33.7 Å². The number of hydrogen-bond donors (Lipinski definition) is 1. The zero-order valence-electron chi connectivity index (χ0n) is 20.2. The number of aryl methyl sites for hydroxylation is 3. The minimum atomic E-state index is 0.544. The summed E-state index contributed by atoms with van der Waals surface area (Å²) in [6, 6.07) is 15.0. The van der Waals surface area contributed by atoms with E-state index in [2.05, 4.69) is 104 Å². The molecule has 5 aromatic rings. The van der Waals surface area contributed by atoms with Crippen molar-refractivity contribution in [1.29, 1.82) is 0 Å². The van der Waals surface area contributed by atoms with Crippen molar-refractivity contribution in [3.05, 3.63) is 97.7 Å². The number of aromatic nitrogens is 7. The maximum Gasteiger partial charge on any atom is 0.198 e. The van der Waals surface area contributed by atoms with Gasteiger partial charge in [-0.15, -0.1) is 10.2 Å². The number of tetrazole rings is 1. The van der Waals surface area contributed by atoms with Crippen LogP contribution in [0, 0.1) is 13.8 Å². The molecule has 0 spiro atoms. The Bertz CT molecular complexity index is 1680. The molecule has 0 amide bonds. The van der Waals surface area contributed by atoms with Crippen molar-refractivity contribution in [2.24, 2.45) is 0 Å². The van der Waals surface area contributed by atoms with E-state index in [1.165, 1.54) is 5.56 Å². The molecule has 8 heteroatoms. The number of nitrogens with one attached hydrogen (secondary N) is 1. The third kappa shape index (κ3) is 3.87. The van der Waals surface area contributed by atoms with Crippen LogP contribution in [0.1, 0.15) is 57.6 Å². The Morgan fingerprint density at radius 1 is 1.03 bits per heavy atom. The number of aromatic amines is 1. The first-order chi connectivity index (χ1) is 17.5. The number of rotatable bonds is 4. The standard InChI is InChI=1S/C28H24BrN7/c1-4-26-31-27-16(2)12-17(3)30-28(27)36(26)15-18-8-10-20-19(13-18)9-11-22-21(6-5-7-24(22)29)23(20)14-25-32-34-35-33-25/h5-14H,4,15H2,1-3H3,(H,32,33,34,35). The van der Waals surface area contributed by atoms with Gasteiger partial charge >= 0.3 is 0 Å². The first-order valence-electron chi connectivity index (χ1n) is 11.9. The van der Waals surface area contributed by atoms with Gasteiger partial charge in [0.2, 0.25) is 0 Å². The first-order valence-corrected chi connectivity index (χ1v) is 12.7. The second-order valence-electron chi connectivity index (χ2n) is 9.00. The van der Waals surface area contributed by atoms with Gasteiger partial charge in [-0.25, -0.2) is 9.97 Å². The van der Waals surface area contributed by atoms with Crippen LogP contribution in [-0.4, -0.2) is 35.2 Å². The molecule has 3 heterocycles. The molecule has 36 heavy (non-hydrogen) atoms. The van der Waals surface area contributed by atoms with Gasteiger partial charge in [0.05, 0.1) is 6.54 Å². The average molecular weight is 538 g/mol. The molecule has 1 aliphatic rings. The Morgan fingerprint density at radius 2 is 1.92 bits per heavy atom. The van der Waals surface area contributed by atoms with E-state index in [0.717, 1.165) is 67.0 Å². The summed E-state index contributed by atoms with van der Waals surface area (Å²) in [5, 5.41) is 14.6. The number of nitrogens with zero attached hydrogens (tertiary/aromatic N) is 6. The second kappa shape index (κ2) is 8.95. The van der Waals surface area contributed by atoms with Gasteiger partial charge in [0.25, 0.3) is 0 Å². The first kappa shape index (κ1) is 22.5. The van der Waals surface area contributed by atoms with Crippen LogP contribution in [0.5, 0.6) is 0 Å². The zero-order valence-corrected chi connectivity index (χ0v) is 21.8. The Balaban J connectivity index is 1.49. The Labute approximate surface area is 217 Å². The Hall–Kier alpha value is -3.91. The third-order valence-electron chi connectivity index (χ3n) is 6.57. The molecule has 1 aliphatic carbocycles. The van der Waals surface area contributed by atoms with Crippen molar-refractivity contribution in [3.63, 3.8) is 0 Å². The van der Waals surface area contributed by atoms with E-state index < -0.39 is 0 Å². The summed E-state index contributed by atoms with van der Waals surface area (Å²) in [6.45, 7) is 6.99. The van der Waals surface area contributed by atoms with Crippen LogP contribution in [0.25, 0.3) is 35.0 Å². The molecular formula is C28H24BrN7. The number of fused-ring (bicyclic) bond motifs is 3.